The number of amides is 1. The first-order valence-electron chi connectivity index (χ1n) is 8.59. The van der Waals surface area contributed by atoms with Crippen molar-refractivity contribution in [3.63, 3.8) is 0 Å². The summed E-state index contributed by atoms with van der Waals surface area (Å²) in [5, 5.41) is 3.06. The predicted octanol–water partition coefficient (Wildman–Crippen LogP) is 0.787. The number of hydrogen-bond donors (Lipinski definition) is 1. The molecule has 9 heteroatoms. The van der Waals surface area contributed by atoms with Gasteiger partial charge in [-0.1, -0.05) is 18.2 Å². The summed E-state index contributed by atoms with van der Waals surface area (Å²) in [4.78, 5) is 42.5. The number of benzene rings is 1. The minimum absolute atomic E-state index is 0.0320. The number of imidazole rings is 1. The third-order valence-electron chi connectivity index (χ3n) is 4.82. The van der Waals surface area contributed by atoms with E-state index in [0.29, 0.717) is 0 Å². The van der Waals surface area contributed by atoms with Crippen LogP contribution in [0, 0.1) is 0 Å². The van der Waals surface area contributed by atoms with Crippen LogP contribution in [0.5, 0.6) is 0 Å². The lowest BCUT2D eigenvalue weighted by atomic mass is 10.0. The highest BCUT2D eigenvalue weighted by atomic mass is 32.2. The van der Waals surface area contributed by atoms with Crippen molar-refractivity contribution in [1.82, 2.24) is 24.0 Å². The molecule has 0 aliphatic carbocycles. The lowest BCUT2D eigenvalue weighted by molar-refractivity contribution is -0.122. The molecule has 0 saturated heterocycles. The highest BCUT2D eigenvalue weighted by Crippen LogP contribution is 2.35. The zero-order valence-corrected chi connectivity index (χ0v) is 15.8. The van der Waals surface area contributed by atoms with Gasteiger partial charge in [0.25, 0.3) is 5.56 Å². The lowest BCUT2D eigenvalue weighted by Gasteiger charge is -2.26. The number of fused-ring (bicyclic) bond motifs is 2. The van der Waals surface area contributed by atoms with Crippen LogP contribution in [0.3, 0.4) is 0 Å². The Hall–Kier alpha value is -2.81. The maximum Gasteiger partial charge on any atom is 0.332 e. The second-order valence-electron chi connectivity index (χ2n) is 6.55. The summed E-state index contributed by atoms with van der Waals surface area (Å²) in [6.07, 6.45) is 2.28. The minimum atomic E-state index is -0.460. The average Bonchev–Trinajstić information content (AvgIpc) is 3.08. The molecule has 27 heavy (non-hydrogen) atoms. The van der Waals surface area contributed by atoms with E-state index < -0.39 is 11.2 Å². The van der Waals surface area contributed by atoms with Gasteiger partial charge in [-0.15, -0.1) is 11.8 Å². The Morgan fingerprint density at radius 3 is 2.85 bits per heavy atom. The number of thioether (sulfide) groups is 1. The van der Waals surface area contributed by atoms with Crippen LogP contribution in [0.2, 0.25) is 0 Å². The summed E-state index contributed by atoms with van der Waals surface area (Å²) in [6, 6.07) is 8.01. The fourth-order valence-corrected chi connectivity index (χ4v) is 4.53. The van der Waals surface area contributed by atoms with E-state index in [1.807, 2.05) is 18.2 Å². The number of aryl methyl sites for hydroxylation is 1. The first-order valence-corrected chi connectivity index (χ1v) is 9.58. The lowest BCUT2D eigenvalue weighted by Crippen LogP contribution is -2.38. The monoisotopic (exact) mass is 385 g/mol. The van der Waals surface area contributed by atoms with Gasteiger partial charge in [0.1, 0.15) is 6.54 Å². The van der Waals surface area contributed by atoms with Gasteiger partial charge in [-0.05, 0) is 18.1 Å². The fraction of sp³-hybridized carbons (Fsp3) is 0.333. The molecule has 1 unspecified atom stereocenters. The topological polar surface area (TPSA) is 90.9 Å². The average molecular weight is 385 g/mol. The molecule has 1 N–H and O–H groups in total. The summed E-state index contributed by atoms with van der Waals surface area (Å²) in [5.41, 5.74) is 0.733. The van der Waals surface area contributed by atoms with Crippen LogP contribution in [0.25, 0.3) is 11.2 Å². The van der Waals surface area contributed by atoms with Gasteiger partial charge in [-0.3, -0.25) is 18.7 Å². The van der Waals surface area contributed by atoms with Crippen molar-refractivity contribution in [3.05, 3.63) is 57.0 Å². The highest BCUT2D eigenvalue weighted by Gasteiger charge is 2.23. The first-order chi connectivity index (χ1) is 13.0. The van der Waals surface area contributed by atoms with Crippen molar-refractivity contribution < 1.29 is 4.79 Å². The van der Waals surface area contributed by atoms with Crippen LogP contribution in [-0.4, -0.2) is 30.3 Å². The molecule has 0 fully saturated rings. The van der Waals surface area contributed by atoms with Crippen molar-refractivity contribution >= 4 is 28.8 Å². The highest BCUT2D eigenvalue weighted by molar-refractivity contribution is 7.99. The predicted molar refractivity (Wildman–Crippen MR) is 103 cm³/mol. The van der Waals surface area contributed by atoms with Crippen LogP contribution < -0.4 is 16.6 Å². The summed E-state index contributed by atoms with van der Waals surface area (Å²) in [7, 11) is 2.97. The molecule has 1 amide bonds. The minimum Gasteiger partial charge on any atom is -0.348 e. The van der Waals surface area contributed by atoms with E-state index in [-0.39, 0.29) is 29.7 Å². The number of nitrogens with one attached hydrogen (secondary N) is 1. The molecule has 1 aliphatic rings. The zero-order chi connectivity index (χ0) is 19.1. The molecule has 2 aromatic heterocycles. The van der Waals surface area contributed by atoms with Gasteiger partial charge in [-0.2, -0.15) is 0 Å². The Morgan fingerprint density at radius 2 is 2.04 bits per heavy atom. The number of carbonyl (C=O) groups is 1. The summed E-state index contributed by atoms with van der Waals surface area (Å²) in [6.45, 7) is -0.0320. The van der Waals surface area contributed by atoms with Crippen LogP contribution in [0.1, 0.15) is 18.0 Å². The number of rotatable bonds is 3. The smallest absolute Gasteiger partial charge is 0.332 e. The third-order valence-corrected chi connectivity index (χ3v) is 5.95. The van der Waals surface area contributed by atoms with Crippen molar-refractivity contribution in [1.29, 1.82) is 0 Å². The number of hydrogen-bond acceptors (Lipinski definition) is 5. The van der Waals surface area contributed by atoms with E-state index in [0.717, 1.165) is 22.3 Å². The first kappa shape index (κ1) is 17.6. The van der Waals surface area contributed by atoms with Crippen molar-refractivity contribution in [3.8, 4) is 0 Å². The number of carbonyl (C=O) groups excluding carboxylic acids is 1. The van der Waals surface area contributed by atoms with E-state index in [4.69, 9.17) is 0 Å². The Morgan fingerprint density at radius 1 is 1.26 bits per heavy atom. The molecule has 1 aliphatic heterocycles. The number of nitrogens with zero attached hydrogens (tertiary/aromatic N) is 4. The van der Waals surface area contributed by atoms with Gasteiger partial charge < -0.3 is 9.88 Å². The van der Waals surface area contributed by atoms with E-state index in [2.05, 4.69) is 16.4 Å². The van der Waals surface area contributed by atoms with Crippen LogP contribution in [-0.2, 0) is 25.4 Å². The van der Waals surface area contributed by atoms with Gasteiger partial charge in [-0.25, -0.2) is 9.78 Å². The molecule has 140 valence electrons. The van der Waals surface area contributed by atoms with E-state index in [9.17, 15) is 14.4 Å². The molecule has 0 radical (unpaired) electrons. The Bertz CT molecular complexity index is 1160. The Balaban J connectivity index is 1.62. The SMILES string of the molecule is Cn1c(=O)c2c(ncn2CC(=O)NC2CCSc3ccccc32)n(C)c1=O. The van der Waals surface area contributed by atoms with E-state index >= 15 is 0 Å². The fourth-order valence-electron chi connectivity index (χ4n) is 3.40. The quantitative estimate of drug-likeness (QED) is 0.720. The molecule has 8 nitrogen and oxygen atoms in total. The Kier molecular flexibility index (Phi) is 4.39. The van der Waals surface area contributed by atoms with E-state index in [1.165, 1.54) is 27.4 Å². The normalized spacial score (nSPS) is 16.3. The second-order valence-corrected chi connectivity index (χ2v) is 7.68. The zero-order valence-electron chi connectivity index (χ0n) is 15.0. The molecule has 1 aromatic carbocycles. The molecule has 0 bridgehead atoms. The molecule has 0 saturated carbocycles. The molecule has 3 aromatic rings. The Labute approximate surface area is 158 Å². The van der Waals surface area contributed by atoms with Gasteiger partial charge >= 0.3 is 5.69 Å². The maximum atomic E-state index is 12.6. The van der Waals surface area contributed by atoms with Gasteiger partial charge in [0.05, 0.1) is 12.4 Å². The van der Waals surface area contributed by atoms with Crippen LogP contribution >= 0.6 is 11.8 Å². The summed E-state index contributed by atoms with van der Waals surface area (Å²) in [5.74, 6) is 0.746. The van der Waals surface area contributed by atoms with Crippen LogP contribution in [0.4, 0.5) is 0 Å². The van der Waals surface area contributed by atoms with Crippen molar-refractivity contribution in [2.45, 2.75) is 23.9 Å². The second kappa shape index (κ2) is 6.73. The van der Waals surface area contributed by atoms with Gasteiger partial charge in [0, 0.05) is 24.7 Å². The van der Waals surface area contributed by atoms with Crippen molar-refractivity contribution in [2.24, 2.45) is 14.1 Å². The molecular formula is C18H19N5O3S. The largest absolute Gasteiger partial charge is 0.348 e. The van der Waals surface area contributed by atoms with Crippen LogP contribution in [0.15, 0.2) is 45.1 Å². The third kappa shape index (κ3) is 2.97. The molecule has 3 heterocycles. The molecule has 0 spiro atoms. The molecule has 4 rings (SSSR count). The summed E-state index contributed by atoms with van der Waals surface area (Å²) >= 11 is 1.79. The van der Waals surface area contributed by atoms with Crippen molar-refractivity contribution in [2.75, 3.05) is 5.75 Å². The number of aromatic nitrogens is 4. The van der Waals surface area contributed by atoms with E-state index in [1.54, 1.807) is 18.8 Å². The maximum absolute atomic E-state index is 12.6. The van der Waals surface area contributed by atoms with Gasteiger partial charge in [0.15, 0.2) is 11.2 Å². The standard InChI is InChI=1S/C18H19N5O3S/c1-21-16-15(17(25)22(2)18(21)26)23(10-19-16)9-14(24)20-12-7-8-27-13-6-4-3-5-11(12)13/h3-6,10,12H,7-9H2,1-2H3,(H,20,24). The van der Waals surface area contributed by atoms with Gasteiger partial charge in [0.2, 0.25) is 5.91 Å². The molecule has 1 atom stereocenters. The molecular weight excluding hydrogens is 366 g/mol. The summed E-state index contributed by atoms with van der Waals surface area (Å²) < 4.78 is 3.82.